The molecule has 0 bridgehead atoms. The number of hydrogen-bond acceptors (Lipinski definition) is 3. The van der Waals surface area contributed by atoms with Crippen molar-refractivity contribution in [3.05, 3.63) is 57.7 Å². The zero-order valence-corrected chi connectivity index (χ0v) is 16.8. The molecule has 0 amide bonds. The lowest BCUT2D eigenvalue weighted by Gasteiger charge is -2.15. The minimum atomic E-state index is 0.184. The predicted molar refractivity (Wildman–Crippen MR) is 114 cm³/mol. The summed E-state index contributed by atoms with van der Waals surface area (Å²) < 4.78 is 11.8. The molecule has 4 rings (SSSR count). The van der Waals surface area contributed by atoms with Crippen LogP contribution in [0.1, 0.15) is 50.7 Å². The van der Waals surface area contributed by atoms with E-state index in [-0.39, 0.29) is 5.43 Å². The van der Waals surface area contributed by atoms with Gasteiger partial charge in [-0.15, -0.1) is 0 Å². The molecule has 0 spiro atoms. The van der Waals surface area contributed by atoms with Crippen LogP contribution in [0.2, 0.25) is 0 Å². The summed E-state index contributed by atoms with van der Waals surface area (Å²) >= 11 is 0. The minimum Gasteiger partial charge on any atom is -0.494 e. The average molecular weight is 376 g/mol. The fourth-order valence-corrected chi connectivity index (χ4v) is 3.84. The molecule has 1 aliphatic carbocycles. The van der Waals surface area contributed by atoms with Crippen LogP contribution in [0.15, 0.2) is 41.2 Å². The minimum absolute atomic E-state index is 0.184. The lowest BCUT2D eigenvalue weighted by molar-refractivity contribution is 0.309. The maximum absolute atomic E-state index is 12.6. The third kappa shape index (κ3) is 3.71. The van der Waals surface area contributed by atoms with Gasteiger partial charge in [-0.1, -0.05) is 38.8 Å². The van der Waals surface area contributed by atoms with E-state index in [0.29, 0.717) is 0 Å². The molecule has 3 nitrogen and oxygen atoms in total. The molecule has 0 aromatic heterocycles. The number of benzene rings is 2. The molecule has 0 fully saturated rings. The fraction of sp³-hybridized carbons (Fsp3) is 0.400. The van der Waals surface area contributed by atoms with Crippen LogP contribution in [0.4, 0.5) is 0 Å². The highest BCUT2D eigenvalue weighted by Gasteiger charge is 2.30. The second-order valence-electron chi connectivity index (χ2n) is 7.62. The van der Waals surface area contributed by atoms with Crippen molar-refractivity contribution in [3.8, 4) is 33.8 Å². The summed E-state index contributed by atoms with van der Waals surface area (Å²) in [4.78, 5) is 12.6. The van der Waals surface area contributed by atoms with Crippen LogP contribution in [0, 0.1) is 0 Å². The summed E-state index contributed by atoms with van der Waals surface area (Å²) in [6, 6.07) is 12.4. The van der Waals surface area contributed by atoms with Crippen molar-refractivity contribution in [2.24, 2.45) is 0 Å². The summed E-state index contributed by atoms with van der Waals surface area (Å²) in [5.74, 6) is 1.81. The zero-order valence-electron chi connectivity index (χ0n) is 16.8. The number of unbranched alkanes of at least 4 members (excludes halogenated alkanes) is 2. The topological polar surface area (TPSA) is 35.5 Å². The van der Waals surface area contributed by atoms with Gasteiger partial charge in [0, 0.05) is 11.1 Å². The van der Waals surface area contributed by atoms with Crippen LogP contribution in [0.3, 0.4) is 0 Å². The number of hydrogen-bond donors (Lipinski definition) is 0. The molecule has 3 aromatic carbocycles. The van der Waals surface area contributed by atoms with E-state index in [1.165, 1.54) is 11.1 Å². The zero-order chi connectivity index (χ0) is 19.5. The van der Waals surface area contributed by atoms with Gasteiger partial charge < -0.3 is 9.47 Å². The van der Waals surface area contributed by atoms with Crippen molar-refractivity contribution in [2.45, 2.75) is 52.4 Å². The number of ether oxygens (including phenoxy) is 2. The van der Waals surface area contributed by atoms with Crippen LogP contribution < -0.4 is 14.9 Å². The highest BCUT2D eigenvalue weighted by Crippen LogP contribution is 2.42. The van der Waals surface area contributed by atoms with Crippen molar-refractivity contribution in [2.75, 3.05) is 13.2 Å². The Morgan fingerprint density at radius 2 is 1.21 bits per heavy atom. The standard InChI is InChI=1S/C25H28O3/c1-3-5-13-27-19-9-11-21-17(15-19)7-8-18-16-20(28-14-6-4-2)10-12-22(18)24-23(21)25(24)26/h9-12,15-16H,3-8,13-14H2,1-2H3. The molecule has 0 heterocycles. The maximum atomic E-state index is 12.6. The molecular weight excluding hydrogens is 348 g/mol. The predicted octanol–water partition coefficient (Wildman–Crippen LogP) is 5.71. The van der Waals surface area contributed by atoms with E-state index in [9.17, 15) is 4.79 Å². The first kappa shape index (κ1) is 18.8. The lowest BCUT2D eigenvalue weighted by atomic mass is 9.91. The van der Waals surface area contributed by atoms with E-state index >= 15 is 0 Å². The molecule has 3 heteroatoms. The van der Waals surface area contributed by atoms with Gasteiger partial charge in [-0.3, -0.25) is 4.79 Å². The van der Waals surface area contributed by atoms with Crippen LogP contribution in [0.5, 0.6) is 11.5 Å². The Labute approximate surface area is 167 Å². The first-order valence-electron chi connectivity index (χ1n) is 10.5. The number of rotatable bonds is 8. The number of fused-ring (bicyclic) bond motifs is 5. The molecule has 0 N–H and O–H groups in total. The van der Waals surface area contributed by atoms with Gasteiger partial charge in [0.05, 0.1) is 13.2 Å². The van der Waals surface area contributed by atoms with Crippen LogP contribution >= 0.6 is 0 Å². The van der Waals surface area contributed by atoms with Crippen LogP contribution in [-0.4, -0.2) is 13.2 Å². The Hall–Kier alpha value is -2.55. The SMILES string of the molecule is CCCCOc1ccc2c(c1)CCc1cc(OCCCC)ccc1-c1c-2c1=O. The van der Waals surface area contributed by atoms with E-state index < -0.39 is 0 Å². The molecule has 0 unspecified atom stereocenters. The molecule has 3 aromatic rings. The summed E-state index contributed by atoms with van der Waals surface area (Å²) in [7, 11) is 0. The van der Waals surface area contributed by atoms with Gasteiger partial charge in [-0.2, -0.15) is 0 Å². The molecule has 0 atom stereocenters. The maximum Gasteiger partial charge on any atom is 0.195 e. The normalized spacial score (nSPS) is 12.6. The molecular formula is C25H28O3. The summed E-state index contributed by atoms with van der Waals surface area (Å²) in [5, 5.41) is 0. The monoisotopic (exact) mass is 376 g/mol. The quantitative estimate of drug-likeness (QED) is 0.472. The van der Waals surface area contributed by atoms with Gasteiger partial charge in [-0.25, -0.2) is 0 Å². The molecule has 28 heavy (non-hydrogen) atoms. The van der Waals surface area contributed by atoms with E-state index in [1.807, 2.05) is 12.1 Å². The third-order valence-electron chi connectivity index (χ3n) is 5.53. The van der Waals surface area contributed by atoms with Gasteiger partial charge >= 0.3 is 0 Å². The Kier molecular flexibility index (Phi) is 5.52. The highest BCUT2D eigenvalue weighted by atomic mass is 16.5. The average Bonchev–Trinajstić information content (AvgIpc) is 3.35. The molecule has 0 aliphatic heterocycles. The summed E-state index contributed by atoms with van der Waals surface area (Å²) in [6.07, 6.45) is 6.15. The van der Waals surface area contributed by atoms with Gasteiger partial charge in [0.2, 0.25) is 0 Å². The summed E-state index contributed by atoms with van der Waals surface area (Å²) in [6.45, 7) is 5.80. The van der Waals surface area contributed by atoms with Gasteiger partial charge in [0.15, 0.2) is 5.43 Å². The number of aryl methyl sites for hydroxylation is 2. The Morgan fingerprint density at radius 1 is 0.750 bits per heavy atom. The van der Waals surface area contributed by atoms with Crippen molar-refractivity contribution < 1.29 is 9.47 Å². The van der Waals surface area contributed by atoms with E-state index in [1.54, 1.807) is 0 Å². The largest absolute Gasteiger partial charge is 0.494 e. The molecule has 146 valence electrons. The second-order valence-corrected chi connectivity index (χ2v) is 7.62. The van der Waals surface area contributed by atoms with E-state index in [2.05, 4.69) is 38.1 Å². The van der Waals surface area contributed by atoms with Crippen molar-refractivity contribution >= 4 is 0 Å². The Bertz CT molecular complexity index is 899. The van der Waals surface area contributed by atoms with Crippen molar-refractivity contribution in [3.63, 3.8) is 0 Å². The second kappa shape index (κ2) is 8.22. The first-order valence-corrected chi connectivity index (χ1v) is 10.5. The van der Waals surface area contributed by atoms with E-state index in [0.717, 1.165) is 85.5 Å². The fourth-order valence-electron chi connectivity index (χ4n) is 3.84. The Morgan fingerprint density at radius 3 is 1.64 bits per heavy atom. The summed E-state index contributed by atoms with van der Waals surface area (Å²) in [5.41, 5.74) is 6.52. The first-order chi connectivity index (χ1) is 13.7. The van der Waals surface area contributed by atoms with Gasteiger partial charge in [0.1, 0.15) is 11.5 Å². The molecule has 0 radical (unpaired) electrons. The van der Waals surface area contributed by atoms with Gasteiger partial charge in [-0.05, 0) is 72.2 Å². The smallest absolute Gasteiger partial charge is 0.195 e. The lowest BCUT2D eigenvalue weighted by Crippen LogP contribution is -2.02. The van der Waals surface area contributed by atoms with E-state index in [4.69, 9.17) is 9.47 Å². The molecule has 0 saturated heterocycles. The highest BCUT2D eigenvalue weighted by molar-refractivity contribution is 5.96. The van der Waals surface area contributed by atoms with Crippen LogP contribution in [0.25, 0.3) is 22.3 Å². The van der Waals surface area contributed by atoms with Gasteiger partial charge in [0.25, 0.3) is 0 Å². The van der Waals surface area contributed by atoms with Crippen LogP contribution in [-0.2, 0) is 12.8 Å². The Balaban J connectivity index is 1.62. The van der Waals surface area contributed by atoms with Crippen molar-refractivity contribution in [1.29, 1.82) is 0 Å². The molecule has 1 aliphatic rings. The van der Waals surface area contributed by atoms with Crippen molar-refractivity contribution in [1.82, 2.24) is 0 Å². The molecule has 0 saturated carbocycles. The third-order valence-corrected chi connectivity index (χ3v) is 5.53.